The molecular weight excluding hydrogens is 365 g/mol. The maximum absolute atomic E-state index is 12.2. The molecule has 0 bridgehead atoms. The van der Waals surface area contributed by atoms with Crippen LogP contribution in [0, 0.1) is 0 Å². The van der Waals surface area contributed by atoms with Gasteiger partial charge in [-0.1, -0.05) is 6.07 Å². The molecule has 10 heteroatoms. The SMILES string of the molecule is O=C(O)c1c(OC2CN(C(=O)Cc3c[nH]cn3)C2)ccc2c1OB(O)C1CC21. The lowest BCUT2D eigenvalue weighted by Crippen LogP contribution is -2.56. The summed E-state index contributed by atoms with van der Waals surface area (Å²) in [6, 6.07) is 3.46. The minimum Gasteiger partial charge on any atom is -0.535 e. The van der Waals surface area contributed by atoms with Gasteiger partial charge in [-0.3, -0.25) is 4.79 Å². The van der Waals surface area contributed by atoms with E-state index < -0.39 is 13.1 Å². The molecule has 2 atom stereocenters. The fourth-order valence-electron chi connectivity index (χ4n) is 3.95. The molecule has 0 spiro atoms. The molecule has 9 nitrogen and oxygen atoms in total. The molecular formula is C18H18BN3O6. The highest BCUT2D eigenvalue weighted by molar-refractivity contribution is 6.48. The standard InChI is InChI=1S/C18H18BN3O6/c23-15(3-9-5-20-8-21-9)22-6-10(7-22)27-14-2-1-11-12-4-13(12)19(26)28-17(11)16(14)18(24)25/h1-2,5,8,10,12-13,26H,3-4,6-7H2,(H,20,21)(H,24,25). The minimum atomic E-state index is -1.16. The summed E-state index contributed by atoms with van der Waals surface area (Å²) in [5.74, 6) is -0.638. The van der Waals surface area contributed by atoms with Crippen molar-refractivity contribution in [2.75, 3.05) is 13.1 Å². The lowest BCUT2D eigenvalue weighted by Gasteiger charge is -2.39. The predicted molar refractivity (Wildman–Crippen MR) is 96.4 cm³/mol. The van der Waals surface area contributed by atoms with Gasteiger partial charge in [0.05, 0.1) is 31.5 Å². The highest BCUT2D eigenvalue weighted by atomic mass is 16.5. The van der Waals surface area contributed by atoms with Crippen LogP contribution in [0.5, 0.6) is 11.5 Å². The summed E-state index contributed by atoms with van der Waals surface area (Å²) in [7, 11) is -0.982. The summed E-state index contributed by atoms with van der Waals surface area (Å²) in [5.41, 5.74) is 1.42. The zero-order chi connectivity index (χ0) is 19.4. The summed E-state index contributed by atoms with van der Waals surface area (Å²) in [6.45, 7) is 0.765. The molecule has 3 N–H and O–H groups in total. The number of hydrogen-bond acceptors (Lipinski definition) is 6. The highest BCUT2D eigenvalue weighted by Gasteiger charge is 2.54. The molecule has 2 aromatic rings. The van der Waals surface area contributed by atoms with Gasteiger partial charge in [0, 0.05) is 12.0 Å². The molecule has 28 heavy (non-hydrogen) atoms. The van der Waals surface area contributed by atoms with Gasteiger partial charge in [0.2, 0.25) is 5.91 Å². The summed E-state index contributed by atoms with van der Waals surface area (Å²) < 4.78 is 11.3. The fraction of sp³-hybridized carbons (Fsp3) is 0.389. The van der Waals surface area contributed by atoms with Crippen LogP contribution in [-0.2, 0) is 11.2 Å². The van der Waals surface area contributed by atoms with Gasteiger partial charge in [-0.05, 0) is 24.0 Å². The number of likely N-dealkylation sites (tertiary alicyclic amines) is 1. The molecule has 2 aliphatic heterocycles. The zero-order valence-corrected chi connectivity index (χ0v) is 14.9. The number of H-pyrrole nitrogens is 1. The van der Waals surface area contributed by atoms with E-state index in [-0.39, 0.29) is 47.2 Å². The lowest BCUT2D eigenvalue weighted by molar-refractivity contribution is -0.139. The Balaban J connectivity index is 1.28. The summed E-state index contributed by atoms with van der Waals surface area (Å²) in [4.78, 5) is 32.5. The Kier molecular flexibility index (Phi) is 3.83. The number of aromatic carboxylic acids is 1. The zero-order valence-electron chi connectivity index (χ0n) is 14.9. The van der Waals surface area contributed by atoms with E-state index in [4.69, 9.17) is 9.39 Å². The van der Waals surface area contributed by atoms with E-state index in [2.05, 4.69) is 9.97 Å². The first-order valence-corrected chi connectivity index (χ1v) is 9.18. The largest absolute Gasteiger partial charge is 0.535 e. The van der Waals surface area contributed by atoms with E-state index in [1.807, 2.05) is 6.07 Å². The molecule has 1 saturated heterocycles. The quantitative estimate of drug-likeness (QED) is 0.648. The molecule has 144 valence electrons. The van der Waals surface area contributed by atoms with Gasteiger partial charge in [0.1, 0.15) is 23.2 Å². The third-order valence-corrected chi connectivity index (χ3v) is 5.59. The van der Waals surface area contributed by atoms with Crippen LogP contribution in [0.3, 0.4) is 0 Å². The Morgan fingerprint density at radius 2 is 2.21 bits per heavy atom. The van der Waals surface area contributed by atoms with Crippen LogP contribution in [0.2, 0.25) is 5.82 Å². The number of imidazole rings is 1. The van der Waals surface area contributed by atoms with E-state index in [9.17, 15) is 19.7 Å². The van der Waals surface area contributed by atoms with Crippen molar-refractivity contribution < 1.29 is 29.1 Å². The van der Waals surface area contributed by atoms with E-state index in [0.29, 0.717) is 18.8 Å². The van der Waals surface area contributed by atoms with Crippen molar-refractivity contribution in [1.82, 2.24) is 14.9 Å². The minimum absolute atomic E-state index is 0.0432. The fourth-order valence-corrected chi connectivity index (χ4v) is 3.95. The maximum Gasteiger partial charge on any atom is 0.526 e. The first-order chi connectivity index (χ1) is 13.5. The van der Waals surface area contributed by atoms with Gasteiger partial charge in [-0.2, -0.15) is 0 Å². The first-order valence-electron chi connectivity index (χ1n) is 9.18. The molecule has 2 unspecified atom stereocenters. The Bertz CT molecular complexity index is 943. The van der Waals surface area contributed by atoms with Crippen molar-refractivity contribution in [3.05, 3.63) is 41.5 Å². The summed E-state index contributed by atoms with van der Waals surface area (Å²) in [5, 5.41) is 19.7. The number of nitrogens with one attached hydrogen (secondary N) is 1. The van der Waals surface area contributed by atoms with E-state index in [0.717, 1.165) is 12.0 Å². The number of carbonyl (C=O) groups is 2. The first kappa shape index (κ1) is 17.1. The normalized spacial score (nSPS) is 22.6. The van der Waals surface area contributed by atoms with Gasteiger partial charge in [-0.25, -0.2) is 9.78 Å². The number of fused-ring (bicyclic) bond motifs is 3. The second kappa shape index (κ2) is 6.27. The van der Waals surface area contributed by atoms with Crippen molar-refractivity contribution >= 4 is 19.0 Å². The number of aromatic amines is 1. The Morgan fingerprint density at radius 1 is 1.39 bits per heavy atom. The third-order valence-electron chi connectivity index (χ3n) is 5.59. The molecule has 3 heterocycles. The maximum atomic E-state index is 12.2. The lowest BCUT2D eigenvalue weighted by atomic mass is 9.77. The van der Waals surface area contributed by atoms with Crippen LogP contribution < -0.4 is 9.39 Å². The monoisotopic (exact) mass is 383 g/mol. The number of benzene rings is 1. The van der Waals surface area contributed by atoms with Crippen molar-refractivity contribution in [3.63, 3.8) is 0 Å². The van der Waals surface area contributed by atoms with Crippen molar-refractivity contribution in [3.8, 4) is 11.5 Å². The van der Waals surface area contributed by atoms with E-state index in [1.165, 1.54) is 6.33 Å². The van der Waals surface area contributed by atoms with Crippen LogP contribution >= 0.6 is 0 Å². The molecule has 2 fully saturated rings. The van der Waals surface area contributed by atoms with Crippen LogP contribution in [0.4, 0.5) is 0 Å². The number of nitrogens with zero attached hydrogens (tertiary/aromatic N) is 2. The van der Waals surface area contributed by atoms with Crippen molar-refractivity contribution in [2.45, 2.75) is 30.7 Å². The Hall–Kier alpha value is -3.01. The second-order valence-corrected chi connectivity index (χ2v) is 7.45. The van der Waals surface area contributed by atoms with E-state index >= 15 is 0 Å². The Labute approximate surface area is 160 Å². The van der Waals surface area contributed by atoms with Gasteiger partial charge in [-0.15, -0.1) is 0 Å². The summed E-state index contributed by atoms with van der Waals surface area (Å²) >= 11 is 0. The molecule has 3 aliphatic rings. The number of rotatable bonds is 5. The van der Waals surface area contributed by atoms with Crippen molar-refractivity contribution in [1.29, 1.82) is 0 Å². The van der Waals surface area contributed by atoms with Crippen LogP contribution in [0.15, 0.2) is 24.7 Å². The average Bonchev–Trinajstić information content (AvgIpc) is 3.27. The number of hydrogen-bond donors (Lipinski definition) is 3. The van der Waals surface area contributed by atoms with Crippen molar-refractivity contribution in [2.24, 2.45) is 0 Å². The van der Waals surface area contributed by atoms with Gasteiger partial charge < -0.3 is 29.4 Å². The molecule has 1 aliphatic carbocycles. The van der Waals surface area contributed by atoms with Gasteiger partial charge >= 0.3 is 13.1 Å². The molecule has 1 aromatic heterocycles. The number of amides is 1. The number of carboxylic acid groups (broad SMARTS) is 1. The third kappa shape index (κ3) is 2.80. The van der Waals surface area contributed by atoms with Crippen LogP contribution in [0.25, 0.3) is 0 Å². The summed E-state index contributed by atoms with van der Waals surface area (Å²) in [6.07, 6.45) is 3.92. The van der Waals surface area contributed by atoms with Gasteiger partial charge in [0.25, 0.3) is 0 Å². The highest BCUT2D eigenvalue weighted by Crippen LogP contribution is 2.60. The second-order valence-electron chi connectivity index (χ2n) is 7.45. The number of aromatic nitrogens is 2. The molecule has 1 aromatic carbocycles. The van der Waals surface area contributed by atoms with E-state index in [1.54, 1.807) is 17.2 Å². The molecule has 1 saturated carbocycles. The average molecular weight is 383 g/mol. The number of ether oxygens (including phenoxy) is 1. The van der Waals surface area contributed by atoms with Crippen LogP contribution in [0.1, 0.15) is 34.0 Å². The number of carboxylic acids is 1. The topological polar surface area (TPSA) is 125 Å². The Morgan fingerprint density at radius 3 is 2.93 bits per heavy atom. The number of carbonyl (C=O) groups excluding carboxylic acids is 1. The predicted octanol–water partition coefficient (Wildman–Crippen LogP) is 0.671. The van der Waals surface area contributed by atoms with Gasteiger partial charge in [0.15, 0.2) is 0 Å². The molecule has 1 amide bonds. The molecule has 0 radical (unpaired) electrons. The van der Waals surface area contributed by atoms with Crippen LogP contribution in [-0.4, -0.2) is 63.2 Å². The molecule has 5 rings (SSSR count). The smallest absolute Gasteiger partial charge is 0.526 e.